The van der Waals surface area contributed by atoms with Crippen LogP contribution in [0.1, 0.15) is 49.1 Å². The first-order chi connectivity index (χ1) is 16.5. The summed E-state index contributed by atoms with van der Waals surface area (Å²) in [5.74, 6) is 0.815. The molecule has 0 radical (unpaired) electrons. The Morgan fingerprint density at radius 2 is 1.79 bits per heavy atom. The molecule has 2 aliphatic heterocycles. The average Bonchev–Trinajstić information content (AvgIpc) is 3.24. The molecule has 1 saturated heterocycles. The van der Waals surface area contributed by atoms with Gasteiger partial charge < -0.3 is 15.4 Å². The summed E-state index contributed by atoms with van der Waals surface area (Å²) < 4.78 is 5.30. The number of nitrogens with zero attached hydrogens (tertiary/aromatic N) is 2. The van der Waals surface area contributed by atoms with Crippen molar-refractivity contribution in [2.75, 3.05) is 7.11 Å². The molecule has 0 bridgehead atoms. The third kappa shape index (κ3) is 3.56. The molecule has 0 saturated carbocycles. The lowest BCUT2D eigenvalue weighted by Crippen LogP contribution is -2.51. The van der Waals surface area contributed by atoms with Gasteiger partial charge in [-0.25, -0.2) is 5.43 Å². The summed E-state index contributed by atoms with van der Waals surface area (Å²) >= 11 is 0. The van der Waals surface area contributed by atoms with E-state index in [2.05, 4.69) is 36.0 Å². The molecule has 7 nitrogen and oxygen atoms in total. The van der Waals surface area contributed by atoms with Crippen LogP contribution in [0.4, 0.5) is 0 Å². The maximum atomic E-state index is 13.4. The smallest absolute Gasteiger partial charge is 0.161 e. The number of nitrogens with two attached hydrogens (primary N) is 1. The minimum absolute atomic E-state index is 0.0722. The lowest BCUT2D eigenvalue weighted by molar-refractivity contribution is -0.116. The summed E-state index contributed by atoms with van der Waals surface area (Å²) in [6, 6.07) is 20.3. The number of methoxy groups -OCH3 is 1. The van der Waals surface area contributed by atoms with Gasteiger partial charge in [0.1, 0.15) is 17.7 Å². The zero-order chi connectivity index (χ0) is 23.8. The highest BCUT2D eigenvalue weighted by atomic mass is 16.5. The fourth-order valence-electron chi connectivity index (χ4n) is 5.60. The molecule has 5 rings (SSSR count). The number of carbonyl (C=O) groups excluding carboxylic acids is 1. The van der Waals surface area contributed by atoms with Gasteiger partial charge in [-0.3, -0.25) is 10.2 Å². The molecule has 0 aromatic heterocycles. The van der Waals surface area contributed by atoms with Gasteiger partial charge in [0.15, 0.2) is 5.78 Å². The number of nitriles is 1. The number of Topliss-reactive ketones (excluding diaryl/α,β-unsaturated/α-hetero) is 1. The molecule has 0 spiro atoms. The average molecular weight is 456 g/mol. The number of ketones is 1. The second-order valence-electron chi connectivity index (χ2n) is 9.08. The fraction of sp³-hybridized carbons (Fsp3) is 0.333. The molecule has 4 atom stereocenters. The predicted molar refractivity (Wildman–Crippen MR) is 129 cm³/mol. The van der Waals surface area contributed by atoms with E-state index in [1.807, 2.05) is 47.4 Å². The molecule has 4 N–H and O–H groups in total. The van der Waals surface area contributed by atoms with Gasteiger partial charge in [0.25, 0.3) is 0 Å². The molecule has 3 aliphatic rings. The molecule has 2 aromatic carbocycles. The molecular weight excluding hydrogens is 426 g/mol. The Kier molecular flexibility index (Phi) is 5.86. The van der Waals surface area contributed by atoms with E-state index in [0.29, 0.717) is 23.4 Å². The number of hydrogen-bond acceptors (Lipinski definition) is 7. The Balaban J connectivity index is 1.65. The fourth-order valence-corrected chi connectivity index (χ4v) is 5.60. The summed E-state index contributed by atoms with van der Waals surface area (Å²) in [6.07, 6.45) is 1.76. The highest BCUT2D eigenvalue weighted by molar-refractivity contribution is 5.99. The Bertz CT molecular complexity index is 1200. The van der Waals surface area contributed by atoms with E-state index in [-0.39, 0.29) is 23.9 Å². The Morgan fingerprint density at radius 3 is 2.47 bits per heavy atom. The summed E-state index contributed by atoms with van der Waals surface area (Å²) in [5.41, 5.74) is 17.6. The van der Waals surface area contributed by atoms with Crippen LogP contribution in [0.15, 0.2) is 77.3 Å². The summed E-state index contributed by atoms with van der Waals surface area (Å²) in [7, 11) is 1.62. The summed E-state index contributed by atoms with van der Waals surface area (Å²) in [4.78, 5) is 15.4. The van der Waals surface area contributed by atoms with E-state index in [1.54, 1.807) is 7.11 Å². The van der Waals surface area contributed by atoms with Gasteiger partial charge in [-0.15, -0.1) is 0 Å². The summed E-state index contributed by atoms with van der Waals surface area (Å²) in [6.45, 7) is 2.13. The van der Waals surface area contributed by atoms with Crippen molar-refractivity contribution in [1.82, 2.24) is 15.8 Å². The van der Waals surface area contributed by atoms with E-state index in [9.17, 15) is 10.1 Å². The van der Waals surface area contributed by atoms with Crippen molar-refractivity contribution in [3.8, 4) is 11.8 Å². The van der Waals surface area contributed by atoms with E-state index < -0.39 is 5.92 Å². The molecule has 1 fully saturated rings. The Morgan fingerprint density at radius 1 is 1.06 bits per heavy atom. The zero-order valence-corrected chi connectivity index (χ0v) is 19.4. The van der Waals surface area contributed by atoms with Gasteiger partial charge in [-0.2, -0.15) is 5.26 Å². The van der Waals surface area contributed by atoms with Crippen LogP contribution in [0.2, 0.25) is 0 Å². The van der Waals surface area contributed by atoms with Crippen molar-refractivity contribution in [2.24, 2.45) is 5.73 Å². The minimum Gasteiger partial charge on any atom is -0.497 e. The lowest BCUT2D eigenvalue weighted by atomic mass is 9.75. The van der Waals surface area contributed by atoms with Gasteiger partial charge in [0.05, 0.1) is 24.7 Å². The normalized spacial score (nSPS) is 27.0. The molecule has 174 valence electrons. The maximum Gasteiger partial charge on any atom is 0.161 e. The van der Waals surface area contributed by atoms with E-state index in [4.69, 9.17) is 10.5 Å². The molecule has 4 unspecified atom stereocenters. The first-order valence-electron chi connectivity index (χ1n) is 11.7. The van der Waals surface area contributed by atoms with Crippen LogP contribution >= 0.6 is 0 Å². The van der Waals surface area contributed by atoms with E-state index in [0.717, 1.165) is 29.9 Å². The predicted octanol–water partition coefficient (Wildman–Crippen LogP) is 3.40. The number of nitrogens with one attached hydrogen (secondary N) is 2. The number of carbonyl (C=O) groups is 1. The number of hydrogen-bond donors (Lipinski definition) is 3. The number of hydrazine groups is 1. The lowest BCUT2D eigenvalue weighted by Gasteiger charge is -2.44. The minimum atomic E-state index is -0.475. The second-order valence-corrected chi connectivity index (χ2v) is 9.08. The molecule has 1 aliphatic carbocycles. The van der Waals surface area contributed by atoms with Crippen LogP contribution in [-0.4, -0.2) is 30.0 Å². The van der Waals surface area contributed by atoms with Gasteiger partial charge >= 0.3 is 0 Å². The maximum absolute atomic E-state index is 13.4. The SMILES string of the molecule is COc1ccc(C2C(C#N)=C(N)N(C3NNC(C)C3c3ccccc3)C3=C2C(=O)CCC3)cc1. The topological polar surface area (TPSA) is 103 Å². The zero-order valence-electron chi connectivity index (χ0n) is 19.4. The second kappa shape index (κ2) is 8.98. The van der Waals surface area contributed by atoms with Crippen molar-refractivity contribution in [2.45, 2.75) is 50.2 Å². The molecule has 34 heavy (non-hydrogen) atoms. The first-order valence-corrected chi connectivity index (χ1v) is 11.7. The van der Waals surface area contributed by atoms with Gasteiger partial charge in [0.2, 0.25) is 0 Å². The van der Waals surface area contributed by atoms with Crippen molar-refractivity contribution >= 4 is 5.78 Å². The quantitative estimate of drug-likeness (QED) is 0.649. The van der Waals surface area contributed by atoms with Crippen LogP contribution in [-0.2, 0) is 4.79 Å². The van der Waals surface area contributed by atoms with Crippen LogP contribution in [0.25, 0.3) is 0 Å². The molecule has 0 amide bonds. The molecule has 7 heteroatoms. The largest absolute Gasteiger partial charge is 0.497 e. The highest BCUT2D eigenvalue weighted by Gasteiger charge is 2.46. The van der Waals surface area contributed by atoms with Crippen LogP contribution in [0.5, 0.6) is 5.75 Å². The number of rotatable bonds is 4. The van der Waals surface area contributed by atoms with Crippen molar-refractivity contribution < 1.29 is 9.53 Å². The number of ether oxygens (including phenoxy) is 1. The van der Waals surface area contributed by atoms with Crippen molar-refractivity contribution in [3.05, 3.63) is 88.4 Å². The van der Waals surface area contributed by atoms with Crippen molar-refractivity contribution in [1.29, 1.82) is 5.26 Å². The summed E-state index contributed by atoms with van der Waals surface area (Å²) in [5, 5.41) is 10.3. The third-order valence-electron chi connectivity index (χ3n) is 7.20. The first kappa shape index (κ1) is 22.2. The van der Waals surface area contributed by atoms with Crippen LogP contribution < -0.4 is 21.3 Å². The standard InChI is InChI=1S/C27H29N5O2/c1-16-23(17-7-4-3-5-8-17)27(31-30-16)32-21-9-6-10-22(33)25(21)24(20(15-28)26(32)29)18-11-13-19(34-2)14-12-18/h3-5,7-8,11-14,16,23-24,27,30-31H,6,9-10,29H2,1-2H3. The molecule has 2 heterocycles. The van der Waals surface area contributed by atoms with Crippen molar-refractivity contribution in [3.63, 3.8) is 0 Å². The third-order valence-corrected chi connectivity index (χ3v) is 7.20. The van der Waals surface area contributed by atoms with Gasteiger partial charge in [0, 0.05) is 29.7 Å². The number of allylic oxidation sites excluding steroid dienone is 3. The Labute approximate surface area is 199 Å². The van der Waals surface area contributed by atoms with Crippen LogP contribution in [0.3, 0.4) is 0 Å². The molecular formula is C27H29N5O2. The van der Waals surface area contributed by atoms with Crippen LogP contribution in [0, 0.1) is 11.3 Å². The van der Waals surface area contributed by atoms with Gasteiger partial charge in [-0.1, -0.05) is 42.5 Å². The highest BCUT2D eigenvalue weighted by Crippen LogP contribution is 2.47. The van der Waals surface area contributed by atoms with E-state index >= 15 is 0 Å². The molecule has 2 aromatic rings. The Hall–Kier alpha value is -3.60. The van der Waals surface area contributed by atoms with Gasteiger partial charge in [-0.05, 0) is 43.0 Å². The van der Waals surface area contributed by atoms with E-state index in [1.165, 1.54) is 5.56 Å². The monoisotopic (exact) mass is 455 g/mol. The number of benzene rings is 2.